The highest BCUT2D eigenvalue weighted by Gasteiger charge is 2.18. The van der Waals surface area contributed by atoms with Crippen LogP contribution in [0.3, 0.4) is 0 Å². The van der Waals surface area contributed by atoms with E-state index >= 15 is 0 Å². The minimum Gasteiger partial charge on any atom is -0.338 e. The highest BCUT2D eigenvalue weighted by molar-refractivity contribution is 5.90. The van der Waals surface area contributed by atoms with E-state index in [1.807, 2.05) is 6.07 Å². The number of aromatic nitrogens is 2. The van der Waals surface area contributed by atoms with Crippen LogP contribution in [0.5, 0.6) is 0 Å². The summed E-state index contributed by atoms with van der Waals surface area (Å²) in [5.74, 6) is 5.00. The molecule has 2 aromatic rings. The molecule has 0 saturated heterocycles. The minimum atomic E-state index is -0.966. The Morgan fingerprint density at radius 3 is 2.95 bits per heavy atom. The maximum atomic E-state index is 13.5. The van der Waals surface area contributed by atoms with Gasteiger partial charge in [-0.15, -0.1) is 5.92 Å². The Hall–Kier alpha value is -2.99. The molecular weight excluding hydrogens is 259 g/mol. The lowest BCUT2D eigenvalue weighted by molar-refractivity contribution is -0.109. The number of hydrogen-bond donors (Lipinski definition) is 1. The fourth-order valence-electron chi connectivity index (χ4n) is 1.90. The topological polar surface area (TPSA) is 78.7 Å². The standard InChI is InChI=1S/C14H9FN4O/c1-2-3-9-4-11(15)5-10-7-18-19-14(13(9)10)12(6-16)17-8-20/h4-5,7-8,12H,1H3,(H,17,20). The van der Waals surface area contributed by atoms with Crippen LogP contribution in [0.25, 0.3) is 10.8 Å². The van der Waals surface area contributed by atoms with E-state index in [1.165, 1.54) is 18.3 Å². The third-order valence-electron chi connectivity index (χ3n) is 2.65. The summed E-state index contributed by atoms with van der Waals surface area (Å²) < 4.78 is 13.5. The van der Waals surface area contributed by atoms with Crippen LogP contribution >= 0.6 is 0 Å². The zero-order valence-electron chi connectivity index (χ0n) is 10.5. The molecule has 1 amide bonds. The van der Waals surface area contributed by atoms with Gasteiger partial charge in [0.2, 0.25) is 6.41 Å². The molecule has 20 heavy (non-hydrogen) atoms. The van der Waals surface area contributed by atoms with Crippen LogP contribution in [0.1, 0.15) is 24.2 Å². The molecule has 0 bridgehead atoms. The Balaban J connectivity index is 2.81. The molecule has 1 heterocycles. The van der Waals surface area contributed by atoms with Crippen molar-refractivity contribution in [2.24, 2.45) is 0 Å². The average molecular weight is 268 g/mol. The van der Waals surface area contributed by atoms with Crippen molar-refractivity contribution < 1.29 is 9.18 Å². The number of carbonyl (C=O) groups excluding carboxylic acids is 1. The summed E-state index contributed by atoms with van der Waals surface area (Å²) in [4.78, 5) is 10.5. The molecule has 1 aromatic carbocycles. The van der Waals surface area contributed by atoms with Gasteiger partial charge in [-0.3, -0.25) is 4.79 Å². The van der Waals surface area contributed by atoms with Crippen LogP contribution < -0.4 is 5.32 Å². The molecule has 1 unspecified atom stereocenters. The third-order valence-corrected chi connectivity index (χ3v) is 2.65. The molecule has 1 aromatic heterocycles. The molecule has 6 heteroatoms. The molecule has 0 aliphatic carbocycles. The van der Waals surface area contributed by atoms with Crippen molar-refractivity contribution in [2.75, 3.05) is 0 Å². The molecule has 98 valence electrons. The Kier molecular flexibility index (Phi) is 3.88. The van der Waals surface area contributed by atoms with Crippen molar-refractivity contribution in [1.82, 2.24) is 15.5 Å². The van der Waals surface area contributed by atoms with Gasteiger partial charge in [-0.25, -0.2) is 4.39 Å². The first-order valence-corrected chi connectivity index (χ1v) is 5.68. The second-order valence-electron chi connectivity index (χ2n) is 3.87. The number of nitrogens with zero attached hydrogens (tertiary/aromatic N) is 3. The number of halogens is 1. The molecule has 2 rings (SSSR count). The average Bonchev–Trinajstić information content (AvgIpc) is 2.44. The zero-order valence-corrected chi connectivity index (χ0v) is 10.5. The van der Waals surface area contributed by atoms with Gasteiger partial charge in [-0.05, 0) is 19.1 Å². The molecule has 0 radical (unpaired) electrons. The van der Waals surface area contributed by atoms with E-state index in [0.717, 1.165) is 0 Å². The molecule has 1 atom stereocenters. The van der Waals surface area contributed by atoms with Gasteiger partial charge < -0.3 is 5.32 Å². The molecular formula is C14H9FN4O. The van der Waals surface area contributed by atoms with Crippen molar-refractivity contribution in [2.45, 2.75) is 13.0 Å². The zero-order chi connectivity index (χ0) is 14.5. The summed E-state index contributed by atoms with van der Waals surface area (Å²) in [7, 11) is 0. The van der Waals surface area contributed by atoms with E-state index in [4.69, 9.17) is 5.26 Å². The van der Waals surface area contributed by atoms with Crippen LogP contribution in [-0.4, -0.2) is 16.6 Å². The summed E-state index contributed by atoms with van der Waals surface area (Å²) in [6.07, 6.45) is 1.79. The summed E-state index contributed by atoms with van der Waals surface area (Å²) in [6, 6.07) is 3.49. The highest BCUT2D eigenvalue weighted by atomic mass is 19.1. The van der Waals surface area contributed by atoms with E-state index in [2.05, 4.69) is 27.4 Å². The van der Waals surface area contributed by atoms with Gasteiger partial charge in [0.25, 0.3) is 0 Å². The van der Waals surface area contributed by atoms with Gasteiger partial charge in [0.15, 0.2) is 6.04 Å². The Labute approximate surface area is 114 Å². The van der Waals surface area contributed by atoms with Crippen LogP contribution in [-0.2, 0) is 4.79 Å². The van der Waals surface area contributed by atoms with Crippen LogP contribution in [0.4, 0.5) is 4.39 Å². The molecule has 0 spiro atoms. The maximum absolute atomic E-state index is 13.5. The van der Waals surface area contributed by atoms with Crippen molar-refractivity contribution in [3.05, 3.63) is 35.4 Å². The quantitative estimate of drug-likeness (QED) is 0.675. The summed E-state index contributed by atoms with van der Waals surface area (Å²) in [5.41, 5.74) is 0.648. The van der Waals surface area contributed by atoms with E-state index in [-0.39, 0.29) is 5.69 Å². The normalized spacial score (nSPS) is 11.1. The number of carbonyl (C=O) groups is 1. The number of rotatable bonds is 3. The van der Waals surface area contributed by atoms with Gasteiger partial charge in [-0.1, -0.05) is 5.92 Å². The van der Waals surface area contributed by atoms with Gasteiger partial charge >= 0.3 is 0 Å². The minimum absolute atomic E-state index is 0.245. The van der Waals surface area contributed by atoms with Crippen LogP contribution in [0, 0.1) is 29.0 Å². The number of benzene rings is 1. The van der Waals surface area contributed by atoms with Crippen LogP contribution in [0.2, 0.25) is 0 Å². The largest absolute Gasteiger partial charge is 0.338 e. The second kappa shape index (κ2) is 5.77. The number of nitrogens with one attached hydrogen (secondary N) is 1. The fourth-order valence-corrected chi connectivity index (χ4v) is 1.90. The van der Waals surface area contributed by atoms with Crippen molar-refractivity contribution in [1.29, 1.82) is 5.26 Å². The SMILES string of the molecule is CC#Cc1cc(F)cc2cnnc(C(C#N)NC=O)c12. The Morgan fingerprint density at radius 1 is 1.50 bits per heavy atom. The first-order valence-electron chi connectivity index (χ1n) is 5.68. The number of nitriles is 1. The number of hydrogen-bond acceptors (Lipinski definition) is 4. The smallest absolute Gasteiger partial charge is 0.208 e. The Morgan fingerprint density at radius 2 is 2.30 bits per heavy atom. The van der Waals surface area contributed by atoms with E-state index in [0.29, 0.717) is 22.7 Å². The molecule has 0 fully saturated rings. The molecule has 0 saturated carbocycles. The van der Waals surface area contributed by atoms with Crippen molar-refractivity contribution >= 4 is 17.2 Å². The van der Waals surface area contributed by atoms with E-state index in [9.17, 15) is 9.18 Å². The summed E-state index contributed by atoms with van der Waals surface area (Å²) >= 11 is 0. The lowest BCUT2D eigenvalue weighted by atomic mass is 10.0. The van der Waals surface area contributed by atoms with Crippen LogP contribution in [0.15, 0.2) is 18.3 Å². The lowest BCUT2D eigenvalue weighted by Gasteiger charge is -2.11. The predicted octanol–water partition coefficient (Wildman–Crippen LogP) is 1.45. The van der Waals surface area contributed by atoms with E-state index < -0.39 is 11.9 Å². The second-order valence-corrected chi connectivity index (χ2v) is 3.87. The number of amides is 1. The van der Waals surface area contributed by atoms with Crippen molar-refractivity contribution in [3.8, 4) is 17.9 Å². The number of fused-ring (bicyclic) bond motifs is 1. The van der Waals surface area contributed by atoms with Gasteiger partial charge in [0.05, 0.1) is 12.3 Å². The van der Waals surface area contributed by atoms with Gasteiger partial charge in [0, 0.05) is 16.3 Å². The molecule has 5 nitrogen and oxygen atoms in total. The maximum Gasteiger partial charge on any atom is 0.208 e. The monoisotopic (exact) mass is 268 g/mol. The lowest BCUT2D eigenvalue weighted by Crippen LogP contribution is -2.20. The molecule has 0 aliphatic rings. The Bertz CT molecular complexity index is 770. The third kappa shape index (κ3) is 2.40. The fraction of sp³-hybridized carbons (Fsp3) is 0.143. The first kappa shape index (κ1) is 13.4. The van der Waals surface area contributed by atoms with Gasteiger partial charge in [-0.2, -0.15) is 15.5 Å². The van der Waals surface area contributed by atoms with Crippen molar-refractivity contribution in [3.63, 3.8) is 0 Å². The summed E-state index contributed by atoms with van der Waals surface area (Å²) in [5, 5.41) is 20.0. The summed E-state index contributed by atoms with van der Waals surface area (Å²) in [6.45, 7) is 1.62. The highest BCUT2D eigenvalue weighted by Crippen LogP contribution is 2.25. The molecule has 0 aliphatic heterocycles. The van der Waals surface area contributed by atoms with E-state index in [1.54, 1.807) is 6.92 Å². The first-order chi connectivity index (χ1) is 9.71. The predicted molar refractivity (Wildman–Crippen MR) is 69.6 cm³/mol. The van der Waals surface area contributed by atoms with Gasteiger partial charge in [0.1, 0.15) is 11.5 Å². The molecule has 1 N–H and O–H groups in total.